The Bertz CT molecular complexity index is 639. The summed E-state index contributed by atoms with van der Waals surface area (Å²) >= 11 is 3.35. The lowest BCUT2D eigenvalue weighted by Crippen LogP contribution is -2.14. The highest BCUT2D eigenvalue weighted by Gasteiger charge is 2.24. The highest BCUT2D eigenvalue weighted by molar-refractivity contribution is 9.09. The van der Waals surface area contributed by atoms with Gasteiger partial charge in [-0.25, -0.2) is 9.18 Å². The molecule has 6 heteroatoms. The van der Waals surface area contributed by atoms with Gasteiger partial charge in [0.05, 0.1) is 19.2 Å². The Morgan fingerprint density at radius 3 is 2.80 bits per heavy atom. The molecule has 0 radical (unpaired) electrons. The molecule has 1 aromatic carbocycles. The zero-order valence-electron chi connectivity index (χ0n) is 11.3. The molecule has 0 aliphatic carbocycles. The first-order valence-corrected chi connectivity index (χ1v) is 7.35. The van der Waals surface area contributed by atoms with Gasteiger partial charge in [-0.15, -0.1) is 0 Å². The summed E-state index contributed by atoms with van der Waals surface area (Å²) in [6, 6.07) is 4.36. The van der Waals surface area contributed by atoms with E-state index in [0.29, 0.717) is 28.7 Å². The van der Waals surface area contributed by atoms with Gasteiger partial charge in [-0.05, 0) is 25.1 Å². The van der Waals surface area contributed by atoms with Gasteiger partial charge in [0.1, 0.15) is 5.82 Å². The van der Waals surface area contributed by atoms with Gasteiger partial charge in [-0.1, -0.05) is 15.9 Å². The van der Waals surface area contributed by atoms with Crippen LogP contribution in [0.1, 0.15) is 17.4 Å². The Labute approximate surface area is 124 Å². The van der Waals surface area contributed by atoms with E-state index in [4.69, 9.17) is 9.47 Å². The standard InChI is InChI=1S/C14H15BrFNO3/c1-3-20-14(18)12-13(19-2)10-8-9(16)4-5-11(10)17(12)7-6-15/h4-5,8H,3,6-7H2,1-2H3. The van der Waals surface area contributed by atoms with Crippen molar-refractivity contribution in [3.63, 3.8) is 0 Å². The lowest BCUT2D eigenvalue weighted by atomic mass is 10.2. The van der Waals surface area contributed by atoms with Gasteiger partial charge < -0.3 is 14.0 Å². The topological polar surface area (TPSA) is 40.5 Å². The van der Waals surface area contributed by atoms with Crippen LogP contribution in [0.5, 0.6) is 5.75 Å². The molecule has 108 valence electrons. The van der Waals surface area contributed by atoms with E-state index in [1.165, 1.54) is 19.2 Å². The van der Waals surface area contributed by atoms with Crippen molar-refractivity contribution >= 4 is 32.8 Å². The molecule has 0 bridgehead atoms. The third-order valence-corrected chi connectivity index (χ3v) is 3.31. The molecule has 1 heterocycles. The highest BCUT2D eigenvalue weighted by atomic mass is 79.9. The second-order valence-corrected chi connectivity index (χ2v) is 4.90. The SMILES string of the molecule is CCOC(=O)c1c(OC)c2cc(F)ccc2n1CCBr. The Kier molecular flexibility index (Phi) is 4.65. The first kappa shape index (κ1) is 14.8. The van der Waals surface area contributed by atoms with Crippen LogP contribution in [0.15, 0.2) is 18.2 Å². The summed E-state index contributed by atoms with van der Waals surface area (Å²) in [6.45, 7) is 2.56. The van der Waals surface area contributed by atoms with Crippen LogP contribution in [0.2, 0.25) is 0 Å². The minimum atomic E-state index is -0.470. The molecule has 0 aliphatic heterocycles. The molecule has 0 fully saturated rings. The predicted octanol–water partition coefficient (Wildman–Crippen LogP) is 3.36. The summed E-state index contributed by atoms with van der Waals surface area (Å²) in [5.74, 6) is -0.497. The minimum Gasteiger partial charge on any atom is -0.494 e. The molecule has 2 aromatic rings. The zero-order valence-corrected chi connectivity index (χ0v) is 12.9. The number of hydrogen-bond acceptors (Lipinski definition) is 3. The second-order valence-electron chi connectivity index (χ2n) is 4.10. The molecule has 0 spiro atoms. The van der Waals surface area contributed by atoms with Gasteiger partial charge >= 0.3 is 5.97 Å². The first-order valence-electron chi connectivity index (χ1n) is 6.22. The number of methoxy groups -OCH3 is 1. The molecule has 0 aliphatic rings. The number of halogens is 2. The number of nitrogens with zero attached hydrogens (tertiary/aromatic N) is 1. The number of ether oxygens (including phenoxy) is 2. The van der Waals surface area contributed by atoms with Gasteiger partial charge in [0.25, 0.3) is 0 Å². The van der Waals surface area contributed by atoms with Gasteiger partial charge in [-0.2, -0.15) is 0 Å². The zero-order chi connectivity index (χ0) is 14.7. The maximum atomic E-state index is 13.4. The van der Waals surface area contributed by atoms with Crippen LogP contribution >= 0.6 is 15.9 Å². The van der Waals surface area contributed by atoms with Gasteiger partial charge in [0, 0.05) is 17.3 Å². The highest BCUT2D eigenvalue weighted by Crippen LogP contribution is 2.34. The lowest BCUT2D eigenvalue weighted by Gasteiger charge is -2.09. The van der Waals surface area contributed by atoms with Crippen molar-refractivity contribution in [1.82, 2.24) is 4.57 Å². The largest absolute Gasteiger partial charge is 0.494 e. The smallest absolute Gasteiger partial charge is 0.358 e. The molecule has 1 aromatic heterocycles. The average Bonchev–Trinajstić information content (AvgIpc) is 2.72. The van der Waals surface area contributed by atoms with Crippen LogP contribution in [0.4, 0.5) is 4.39 Å². The monoisotopic (exact) mass is 343 g/mol. The third-order valence-electron chi connectivity index (χ3n) is 2.96. The van der Waals surface area contributed by atoms with E-state index in [1.54, 1.807) is 17.6 Å². The van der Waals surface area contributed by atoms with Gasteiger partial charge in [0.2, 0.25) is 0 Å². The minimum absolute atomic E-state index is 0.270. The van der Waals surface area contributed by atoms with Crippen molar-refractivity contribution in [2.75, 3.05) is 19.0 Å². The Hall–Kier alpha value is -1.56. The molecule has 20 heavy (non-hydrogen) atoms. The first-order chi connectivity index (χ1) is 9.63. The van der Waals surface area contributed by atoms with E-state index in [1.807, 2.05) is 0 Å². The van der Waals surface area contributed by atoms with E-state index in [2.05, 4.69) is 15.9 Å². The van der Waals surface area contributed by atoms with Crippen LogP contribution in [0.25, 0.3) is 10.9 Å². The number of rotatable bonds is 5. The summed E-state index contributed by atoms with van der Waals surface area (Å²) < 4.78 is 25.6. The molecular formula is C14H15BrFNO3. The van der Waals surface area contributed by atoms with Crippen molar-refractivity contribution < 1.29 is 18.7 Å². The maximum Gasteiger partial charge on any atom is 0.358 e. The number of benzene rings is 1. The van der Waals surface area contributed by atoms with Crippen molar-refractivity contribution in [2.45, 2.75) is 13.5 Å². The van der Waals surface area contributed by atoms with Crippen LogP contribution < -0.4 is 4.74 Å². The van der Waals surface area contributed by atoms with Crippen molar-refractivity contribution in [1.29, 1.82) is 0 Å². The van der Waals surface area contributed by atoms with Crippen molar-refractivity contribution in [3.05, 3.63) is 29.7 Å². The van der Waals surface area contributed by atoms with Crippen LogP contribution in [-0.4, -0.2) is 29.6 Å². The average molecular weight is 344 g/mol. The fourth-order valence-electron chi connectivity index (χ4n) is 2.22. The van der Waals surface area contributed by atoms with Crippen LogP contribution in [0, 0.1) is 5.82 Å². The fraction of sp³-hybridized carbons (Fsp3) is 0.357. The van der Waals surface area contributed by atoms with Gasteiger partial charge in [-0.3, -0.25) is 0 Å². The number of aromatic nitrogens is 1. The van der Waals surface area contributed by atoms with E-state index in [0.717, 1.165) is 5.52 Å². The molecule has 0 saturated carbocycles. The molecule has 0 N–H and O–H groups in total. The van der Waals surface area contributed by atoms with Crippen molar-refractivity contribution in [2.24, 2.45) is 0 Å². The number of alkyl halides is 1. The molecule has 4 nitrogen and oxygen atoms in total. The van der Waals surface area contributed by atoms with E-state index in [-0.39, 0.29) is 12.4 Å². The number of carbonyl (C=O) groups is 1. The van der Waals surface area contributed by atoms with Crippen molar-refractivity contribution in [3.8, 4) is 5.75 Å². The molecule has 0 atom stereocenters. The molecule has 0 unspecified atom stereocenters. The summed E-state index contributed by atoms with van der Waals surface area (Å²) in [6.07, 6.45) is 0. The number of fused-ring (bicyclic) bond motifs is 1. The van der Waals surface area contributed by atoms with Crippen LogP contribution in [0.3, 0.4) is 0 Å². The normalized spacial score (nSPS) is 10.8. The molecule has 0 saturated heterocycles. The molecule has 0 amide bonds. The fourth-order valence-corrected chi connectivity index (χ4v) is 2.58. The molecular weight excluding hydrogens is 329 g/mol. The number of esters is 1. The summed E-state index contributed by atoms with van der Waals surface area (Å²) in [5.41, 5.74) is 1.06. The van der Waals surface area contributed by atoms with E-state index >= 15 is 0 Å². The van der Waals surface area contributed by atoms with E-state index < -0.39 is 5.97 Å². The third kappa shape index (κ3) is 2.52. The predicted molar refractivity (Wildman–Crippen MR) is 78.2 cm³/mol. The van der Waals surface area contributed by atoms with Crippen LogP contribution in [-0.2, 0) is 11.3 Å². The lowest BCUT2D eigenvalue weighted by molar-refractivity contribution is 0.0511. The maximum absolute atomic E-state index is 13.4. The quantitative estimate of drug-likeness (QED) is 0.617. The molecule has 2 rings (SSSR count). The Morgan fingerprint density at radius 1 is 1.45 bits per heavy atom. The number of aryl methyl sites for hydroxylation is 1. The summed E-state index contributed by atoms with van der Waals surface area (Å²) in [7, 11) is 1.46. The number of hydrogen-bond donors (Lipinski definition) is 0. The second kappa shape index (κ2) is 6.26. The Balaban J connectivity index is 2.74. The summed E-state index contributed by atoms with van der Waals surface area (Å²) in [4.78, 5) is 12.1. The summed E-state index contributed by atoms with van der Waals surface area (Å²) in [5, 5.41) is 1.22. The van der Waals surface area contributed by atoms with Gasteiger partial charge in [0.15, 0.2) is 11.4 Å². The number of carbonyl (C=O) groups excluding carboxylic acids is 1. The Morgan fingerprint density at radius 2 is 2.20 bits per heavy atom. The van der Waals surface area contributed by atoms with E-state index in [9.17, 15) is 9.18 Å².